The SMILES string of the molecule is CCn1c(=O)[nH]c2cc3c(NCCN4CCCC4)ncnc3cc21.Cl.Cl. The number of hydrogen-bond donors (Lipinski definition) is 2. The monoisotopic (exact) mass is 398 g/mol. The van der Waals surface area contributed by atoms with E-state index in [2.05, 4.69) is 25.2 Å². The van der Waals surface area contributed by atoms with Crippen LogP contribution >= 0.6 is 24.8 Å². The van der Waals surface area contributed by atoms with Gasteiger partial charge in [-0.15, -0.1) is 24.8 Å². The minimum atomic E-state index is -0.0840. The Morgan fingerprint density at radius 2 is 1.96 bits per heavy atom. The molecule has 0 atom stereocenters. The van der Waals surface area contributed by atoms with Crippen molar-refractivity contribution in [2.24, 2.45) is 0 Å². The second-order valence-electron chi connectivity index (χ2n) is 6.26. The van der Waals surface area contributed by atoms with Crippen LogP contribution in [-0.2, 0) is 6.54 Å². The quantitative estimate of drug-likeness (QED) is 0.690. The maximum atomic E-state index is 12.0. The number of nitrogens with zero attached hydrogens (tertiary/aromatic N) is 4. The number of benzene rings is 1. The summed E-state index contributed by atoms with van der Waals surface area (Å²) in [5, 5.41) is 4.36. The van der Waals surface area contributed by atoms with Crippen molar-refractivity contribution in [3.8, 4) is 0 Å². The molecule has 0 aliphatic carbocycles. The molecular formula is C17H24Cl2N6O. The zero-order valence-electron chi connectivity index (χ0n) is 14.7. The van der Waals surface area contributed by atoms with E-state index in [0.717, 1.165) is 40.8 Å². The van der Waals surface area contributed by atoms with E-state index in [1.807, 2.05) is 19.1 Å². The second-order valence-corrected chi connectivity index (χ2v) is 6.26. The van der Waals surface area contributed by atoms with Crippen molar-refractivity contribution in [3.63, 3.8) is 0 Å². The summed E-state index contributed by atoms with van der Waals surface area (Å²) in [4.78, 5) is 26.1. The van der Waals surface area contributed by atoms with Crippen molar-refractivity contribution in [3.05, 3.63) is 28.9 Å². The minimum absolute atomic E-state index is 0. The first-order valence-electron chi connectivity index (χ1n) is 8.60. The van der Waals surface area contributed by atoms with Crippen molar-refractivity contribution in [2.75, 3.05) is 31.5 Å². The zero-order valence-corrected chi connectivity index (χ0v) is 16.3. The lowest BCUT2D eigenvalue weighted by Crippen LogP contribution is -2.26. The Kier molecular flexibility index (Phi) is 6.86. The lowest BCUT2D eigenvalue weighted by atomic mass is 10.2. The molecule has 0 amide bonds. The van der Waals surface area contributed by atoms with Gasteiger partial charge in [0.25, 0.3) is 0 Å². The van der Waals surface area contributed by atoms with Crippen LogP contribution in [0.5, 0.6) is 0 Å². The van der Waals surface area contributed by atoms with Crippen molar-refractivity contribution in [2.45, 2.75) is 26.3 Å². The van der Waals surface area contributed by atoms with Crippen LogP contribution in [0.25, 0.3) is 21.9 Å². The summed E-state index contributed by atoms with van der Waals surface area (Å²) in [5.41, 5.74) is 2.48. The number of rotatable bonds is 5. The first-order chi connectivity index (χ1) is 11.8. The normalized spacial score (nSPS) is 14.3. The molecule has 1 aliphatic heterocycles. The molecule has 2 N–H and O–H groups in total. The second kappa shape index (κ2) is 8.70. The third-order valence-electron chi connectivity index (χ3n) is 4.77. The van der Waals surface area contributed by atoms with Gasteiger partial charge in [-0.1, -0.05) is 0 Å². The van der Waals surface area contributed by atoms with Gasteiger partial charge >= 0.3 is 5.69 Å². The van der Waals surface area contributed by atoms with E-state index in [1.54, 1.807) is 10.9 Å². The van der Waals surface area contributed by atoms with Crippen LogP contribution in [0.2, 0.25) is 0 Å². The fourth-order valence-electron chi connectivity index (χ4n) is 3.50. The summed E-state index contributed by atoms with van der Waals surface area (Å²) in [6.45, 7) is 6.87. The van der Waals surface area contributed by atoms with Crippen molar-refractivity contribution >= 4 is 52.6 Å². The molecule has 7 nitrogen and oxygen atoms in total. The van der Waals surface area contributed by atoms with Gasteiger partial charge in [0.05, 0.1) is 16.6 Å². The van der Waals surface area contributed by atoms with Crippen LogP contribution in [0, 0.1) is 0 Å². The van der Waals surface area contributed by atoms with Gasteiger partial charge in [0.2, 0.25) is 0 Å². The molecule has 2 aromatic heterocycles. The van der Waals surface area contributed by atoms with E-state index in [0.29, 0.717) is 6.54 Å². The molecule has 0 bridgehead atoms. The lowest BCUT2D eigenvalue weighted by molar-refractivity contribution is 0.352. The number of aryl methyl sites for hydroxylation is 1. The molecule has 0 unspecified atom stereocenters. The summed E-state index contributed by atoms with van der Waals surface area (Å²) in [7, 11) is 0. The Morgan fingerprint density at radius 3 is 2.69 bits per heavy atom. The minimum Gasteiger partial charge on any atom is -0.368 e. The molecule has 9 heteroatoms. The molecule has 1 fully saturated rings. The Balaban J connectivity index is 0.00000121. The van der Waals surface area contributed by atoms with E-state index in [-0.39, 0.29) is 30.5 Å². The Morgan fingerprint density at radius 1 is 1.19 bits per heavy atom. The Hall–Kier alpha value is -1.83. The molecule has 0 saturated carbocycles. The summed E-state index contributed by atoms with van der Waals surface area (Å²) >= 11 is 0. The molecule has 26 heavy (non-hydrogen) atoms. The summed E-state index contributed by atoms with van der Waals surface area (Å²) in [6, 6.07) is 3.93. The van der Waals surface area contributed by atoms with E-state index in [1.165, 1.54) is 25.9 Å². The molecule has 1 aliphatic rings. The molecule has 4 rings (SSSR count). The third-order valence-corrected chi connectivity index (χ3v) is 4.77. The zero-order chi connectivity index (χ0) is 16.5. The number of aromatic amines is 1. The van der Waals surface area contributed by atoms with Gasteiger partial charge < -0.3 is 15.2 Å². The summed E-state index contributed by atoms with van der Waals surface area (Å²) in [5.74, 6) is 0.825. The highest BCUT2D eigenvalue weighted by atomic mass is 35.5. The smallest absolute Gasteiger partial charge is 0.326 e. The van der Waals surface area contributed by atoms with E-state index < -0.39 is 0 Å². The van der Waals surface area contributed by atoms with Gasteiger partial charge in [-0.2, -0.15) is 0 Å². The van der Waals surface area contributed by atoms with Crippen LogP contribution in [0.4, 0.5) is 5.82 Å². The summed E-state index contributed by atoms with van der Waals surface area (Å²) < 4.78 is 1.72. The van der Waals surface area contributed by atoms with Gasteiger partial charge in [-0.3, -0.25) is 4.57 Å². The summed E-state index contributed by atoms with van der Waals surface area (Å²) in [6.07, 6.45) is 4.18. The number of nitrogens with one attached hydrogen (secondary N) is 2. The fraction of sp³-hybridized carbons (Fsp3) is 0.471. The standard InChI is InChI=1S/C17H22N6O.2ClH/c1-2-23-15-10-13-12(9-14(15)21-17(23)24)16(20-11-19-13)18-5-8-22-6-3-4-7-22;;/h9-11H,2-8H2,1H3,(H,21,24)(H,18,19,20);2*1H. The van der Waals surface area contributed by atoms with Crippen LogP contribution in [0.15, 0.2) is 23.3 Å². The number of imidazole rings is 1. The molecule has 1 aromatic carbocycles. The highest BCUT2D eigenvalue weighted by Crippen LogP contribution is 2.24. The van der Waals surface area contributed by atoms with Gasteiger partial charge in [-0.05, 0) is 45.0 Å². The first kappa shape index (κ1) is 20.5. The number of hydrogen-bond acceptors (Lipinski definition) is 5. The van der Waals surface area contributed by atoms with Crippen molar-refractivity contribution < 1.29 is 0 Å². The molecule has 0 radical (unpaired) electrons. The topological polar surface area (TPSA) is 78.8 Å². The predicted molar refractivity (Wildman–Crippen MR) is 110 cm³/mol. The average molecular weight is 399 g/mol. The van der Waals surface area contributed by atoms with E-state index in [4.69, 9.17) is 0 Å². The van der Waals surface area contributed by atoms with Crippen LogP contribution in [-0.4, -0.2) is 50.6 Å². The van der Waals surface area contributed by atoms with Crippen LogP contribution in [0.3, 0.4) is 0 Å². The van der Waals surface area contributed by atoms with Gasteiger partial charge in [-0.25, -0.2) is 14.8 Å². The molecule has 142 valence electrons. The predicted octanol–water partition coefficient (Wildman–Crippen LogP) is 2.64. The van der Waals surface area contributed by atoms with Gasteiger partial charge in [0.15, 0.2) is 0 Å². The van der Waals surface area contributed by atoms with E-state index in [9.17, 15) is 4.79 Å². The number of H-pyrrole nitrogens is 1. The maximum absolute atomic E-state index is 12.0. The van der Waals surface area contributed by atoms with Crippen LogP contribution < -0.4 is 11.0 Å². The number of aromatic nitrogens is 4. The largest absolute Gasteiger partial charge is 0.368 e. The number of likely N-dealkylation sites (tertiary alicyclic amines) is 1. The van der Waals surface area contributed by atoms with Crippen molar-refractivity contribution in [1.82, 2.24) is 24.4 Å². The van der Waals surface area contributed by atoms with Gasteiger partial charge in [0, 0.05) is 25.0 Å². The lowest BCUT2D eigenvalue weighted by Gasteiger charge is -2.15. The number of halogens is 2. The fourth-order valence-corrected chi connectivity index (χ4v) is 3.50. The highest BCUT2D eigenvalue weighted by Gasteiger charge is 2.12. The first-order valence-corrected chi connectivity index (χ1v) is 8.60. The molecular weight excluding hydrogens is 375 g/mol. The van der Waals surface area contributed by atoms with Crippen LogP contribution in [0.1, 0.15) is 19.8 Å². The van der Waals surface area contributed by atoms with E-state index >= 15 is 0 Å². The average Bonchev–Trinajstić information content (AvgIpc) is 3.19. The van der Waals surface area contributed by atoms with Crippen molar-refractivity contribution in [1.29, 1.82) is 0 Å². The number of fused-ring (bicyclic) bond motifs is 2. The molecule has 0 spiro atoms. The molecule has 3 heterocycles. The Bertz CT molecular complexity index is 932. The highest BCUT2D eigenvalue weighted by molar-refractivity contribution is 5.98. The maximum Gasteiger partial charge on any atom is 0.326 e. The van der Waals surface area contributed by atoms with Gasteiger partial charge in [0.1, 0.15) is 12.1 Å². The molecule has 3 aromatic rings. The Labute approximate surface area is 164 Å². The molecule has 1 saturated heterocycles. The number of anilines is 1. The third kappa shape index (κ3) is 3.79.